The van der Waals surface area contributed by atoms with Crippen molar-refractivity contribution >= 4 is 25.8 Å². The minimum Gasteiger partial charge on any atom is -0.330 e. The molecule has 0 aliphatic rings. The van der Waals surface area contributed by atoms with Crippen molar-refractivity contribution in [1.29, 1.82) is 0 Å². The molecule has 3 nitrogen and oxygen atoms in total. The molecule has 0 saturated heterocycles. The summed E-state index contributed by atoms with van der Waals surface area (Å²) in [5.74, 6) is 0. The van der Waals surface area contributed by atoms with Crippen LogP contribution in [0.2, 0.25) is 0 Å². The molecule has 5 heteroatoms. The Hall–Kier alpha value is -0.390. The maximum absolute atomic E-state index is 11.6. The van der Waals surface area contributed by atoms with E-state index < -0.39 is 9.84 Å². The molecule has 0 atom stereocenters. The van der Waals surface area contributed by atoms with Crippen molar-refractivity contribution in [2.45, 2.75) is 24.2 Å². The van der Waals surface area contributed by atoms with Crippen LogP contribution in [0.15, 0.2) is 27.6 Å². The summed E-state index contributed by atoms with van der Waals surface area (Å²) in [6, 6.07) is 5.26. The lowest BCUT2D eigenvalue weighted by Gasteiger charge is -2.09. The van der Waals surface area contributed by atoms with Gasteiger partial charge in [0.25, 0.3) is 0 Å². The van der Waals surface area contributed by atoms with Gasteiger partial charge in [0.05, 0.1) is 4.90 Å². The zero-order valence-corrected chi connectivity index (χ0v) is 11.6. The molecule has 0 heterocycles. The van der Waals surface area contributed by atoms with Gasteiger partial charge in [0, 0.05) is 10.7 Å². The minimum absolute atomic E-state index is 0.416. The van der Waals surface area contributed by atoms with Crippen molar-refractivity contribution in [2.75, 3.05) is 12.8 Å². The van der Waals surface area contributed by atoms with Crippen LogP contribution in [0.1, 0.15) is 18.4 Å². The zero-order valence-electron chi connectivity index (χ0n) is 9.24. The number of hydrogen-bond acceptors (Lipinski definition) is 3. The molecule has 0 aromatic heterocycles. The SMILES string of the molecule is CS(=O)(=O)c1cccc(Br)c1CCCCN. The largest absolute Gasteiger partial charge is 0.330 e. The van der Waals surface area contributed by atoms with Crippen LogP contribution < -0.4 is 5.73 Å². The molecule has 16 heavy (non-hydrogen) atoms. The molecule has 0 spiro atoms. The van der Waals surface area contributed by atoms with Crippen LogP contribution >= 0.6 is 15.9 Å². The quantitative estimate of drug-likeness (QED) is 0.848. The number of halogens is 1. The van der Waals surface area contributed by atoms with E-state index in [1.807, 2.05) is 6.07 Å². The number of rotatable bonds is 5. The Morgan fingerprint density at radius 3 is 2.56 bits per heavy atom. The van der Waals surface area contributed by atoms with Crippen LogP contribution in [0.3, 0.4) is 0 Å². The average molecular weight is 306 g/mol. The normalized spacial score (nSPS) is 11.7. The van der Waals surface area contributed by atoms with Gasteiger partial charge in [-0.05, 0) is 43.5 Å². The first-order valence-corrected chi connectivity index (χ1v) is 7.82. The first-order valence-electron chi connectivity index (χ1n) is 5.14. The van der Waals surface area contributed by atoms with Gasteiger partial charge >= 0.3 is 0 Å². The highest BCUT2D eigenvalue weighted by Gasteiger charge is 2.14. The Kier molecular flexibility index (Phi) is 4.95. The number of unbranched alkanes of at least 4 members (excludes halogenated alkanes) is 1. The average Bonchev–Trinajstić information content (AvgIpc) is 2.19. The fourth-order valence-corrected chi connectivity index (χ4v) is 3.26. The number of benzene rings is 1. The van der Waals surface area contributed by atoms with E-state index in [9.17, 15) is 8.42 Å². The highest BCUT2D eigenvalue weighted by molar-refractivity contribution is 9.10. The van der Waals surface area contributed by atoms with Crippen LogP contribution in [-0.4, -0.2) is 21.2 Å². The number of nitrogens with two attached hydrogens (primary N) is 1. The van der Waals surface area contributed by atoms with Gasteiger partial charge in [0.2, 0.25) is 0 Å². The van der Waals surface area contributed by atoms with Crippen LogP contribution in [0.25, 0.3) is 0 Å². The van der Waals surface area contributed by atoms with Gasteiger partial charge in [-0.15, -0.1) is 0 Å². The summed E-state index contributed by atoms with van der Waals surface area (Å²) >= 11 is 3.40. The van der Waals surface area contributed by atoms with Crippen LogP contribution in [0, 0.1) is 0 Å². The summed E-state index contributed by atoms with van der Waals surface area (Å²) in [5.41, 5.74) is 6.28. The third-order valence-electron chi connectivity index (χ3n) is 2.36. The van der Waals surface area contributed by atoms with Crippen molar-refractivity contribution in [3.8, 4) is 0 Å². The fourth-order valence-electron chi connectivity index (χ4n) is 1.57. The van der Waals surface area contributed by atoms with E-state index in [0.29, 0.717) is 11.4 Å². The van der Waals surface area contributed by atoms with Crippen molar-refractivity contribution in [3.05, 3.63) is 28.2 Å². The maximum Gasteiger partial charge on any atom is 0.175 e. The molecule has 0 radical (unpaired) electrons. The van der Waals surface area contributed by atoms with Gasteiger partial charge in [0.15, 0.2) is 9.84 Å². The first-order chi connectivity index (χ1) is 7.46. The van der Waals surface area contributed by atoms with Gasteiger partial charge < -0.3 is 5.73 Å². The topological polar surface area (TPSA) is 60.2 Å². The molecule has 1 rings (SSSR count). The molecule has 2 N–H and O–H groups in total. The second-order valence-electron chi connectivity index (χ2n) is 3.73. The summed E-state index contributed by atoms with van der Waals surface area (Å²) in [5, 5.41) is 0. The first kappa shape index (κ1) is 13.7. The van der Waals surface area contributed by atoms with Crippen molar-refractivity contribution in [2.24, 2.45) is 5.73 Å². The third kappa shape index (κ3) is 3.57. The molecular weight excluding hydrogens is 290 g/mol. The highest BCUT2D eigenvalue weighted by atomic mass is 79.9. The van der Waals surface area contributed by atoms with E-state index >= 15 is 0 Å². The van der Waals surface area contributed by atoms with E-state index in [1.165, 1.54) is 6.26 Å². The predicted molar refractivity (Wildman–Crippen MR) is 69.2 cm³/mol. The Morgan fingerprint density at radius 1 is 1.31 bits per heavy atom. The summed E-state index contributed by atoms with van der Waals surface area (Å²) < 4.78 is 24.0. The monoisotopic (exact) mass is 305 g/mol. The summed E-state index contributed by atoms with van der Waals surface area (Å²) in [6.45, 7) is 0.638. The highest BCUT2D eigenvalue weighted by Crippen LogP contribution is 2.25. The van der Waals surface area contributed by atoms with Crippen molar-refractivity contribution in [1.82, 2.24) is 0 Å². The molecule has 0 aliphatic carbocycles. The van der Waals surface area contributed by atoms with E-state index in [-0.39, 0.29) is 0 Å². The summed E-state index contributed by atoms with van der Waals surface area (Å²) in [6.07, 6.45) is 3.79. The van der Waals surface area contributed by atoms with E-state index in [0.717, 1.165) is 29.3 Å². The van der Waals surface area contributed by atoms with Gasteiger partial charge in [-0.1, -0.05) is 22.0 Å². The Balaban J connectivity index is 3.05. The van der Waals surface area contributed by atoms with Crippen molar-refractivity contribution in [3.63, 3.8) is 0 Å². The lowest BCUT2D eigenvalue weighted by atomic mass is 10.1. The smallest absolute Gasteiger partial charge is 0.175 e. The minimum atomic E-state index is -3.15. The zero-order chi connectivity index (χ0) is 12.2. The van der Waals surface area contributed by atoms with Crippen LogP contribution in [0.5, 0.6) is 0 Å². The molecule has 0 unspecified atom stereocenters. The third-order valence-corrected chi connectivity index (χ3v) is 4.28. The van der Waals surface area contributed by atoms with E-state index in [4.69, 9.17) is 5.73 Å². The predicted octanol–water partition coefficient (Wildman–Crippen LogP) is 2.13. The second-order valence-corrected chi connectivity index (χ2v) is 6.57. The second kappa shape index (κ2) is 5.80. The Morgan fingerprint density at radius 2 is 2.00 bits per heavy atom. The molecule has 1 aromatic carbocycles. The molecule has 1 aromatic rings. The Labute approximate surface area is 105 Å². The molecule has 0 fully saturated rings. The standard InChI is InChI=1S/C11H16BrNO2S/c1-16(14,15)11-7-4-6-10(12)9(11)5-2-3-8-13/h4,6-7H,2-3,5,8,13H2,1H3. The molecule has 0 amide bonds. The lowest BCUT2D eigenvalue weighted by molar-refractivity contribution is 0.600. The van der Waals surface area contributed by atoms with Gasteiger partial charge in [-0.25, -0.2) is 8.42 Å². The molecule has 0 saturated carbocycles. The number of sulfone groups is 1. The van der Waals surface area contributed by atoms with Crippen LogP contribution in [0.4, 0.5) is 0 Å². The van der Waals surface area contributed by atoms with E-state index in [2.05, 4.69) is 15.9 Å². The van der Waals surface area contributed by atoms with Crippen molar-refractivity contribution < 1.29 is 8.42 Å². The fraction of sp³-hybridized carbons (Fsp3) is 0.455. The molecule has 0 aliphatic heterocycles. The maximum atomic E-state index is 11.6. The van der Waals surface area contributed by atoms with Gasteiger partial charge in [-0.3, -0.25) is 0 Å². The summed E-state index contributed by atoms with van der Waals surface area (Å²) in [7, 11) is -3.15. The van der Waals surface area contributed by atoms with E-state index in [1.54, 1.807) is 12.1 Å². The summed E-state index contributed by atoms with van der Waals surface area (Å²) in [4.78, 5) is 0.416. The molecular formula is C11H16BrNO2S. The van der Waals surface area contributed by atoms with Crippen LogP contribution in [-0.2, 0) is 16.3 Å². The van der Waals surface area contributed by atoms with Gasteiger partial charge in [-0.2, -0.15) is 0 Å². The molecule has 90 valence electrons. The lowest BCUT2D eigenvalue weighted by Crippen LogP contribution is -2.05. The molecule has 0 bridgehead atoms. The number of hydrogen-bond donors (Lipinski definition) is 1. The Bertz CT molecular complexity index is 457. The van der Waals surface area contributed by atoms with Gasteiger partial charge in [0.1, 0.15) is 0 Å².